The van der Waals surface area contributed by atoms with Crippen LogP contribution in [-0.2, 0) is 11.3 Å². The van der Waals surface area contributed by atoms with Gasteiger partial charge in [-0.05, 0) is 37.6 Å². The predicted molar refractivity (Wildman–Crippen MR) is 73.3 cm³/mol. The maximum atomic E-state index is 11.1. The predicted octanol–water partition coefficient (Wildman–Crippen LogP) is 1.86. The molecule has 0 saturated carbocycles. The Hall–Kier alpha value is -2.06. The zero-order chi connectivity index (χ0) is 14.7. The molecule has 2 atom stereocenters. The fourth-order valence-electron chi connectivity index (χ4n) is 2.73. The van der Waals surface area contributed by atoms with E-state index in [9.17, 15) is 4.79 Å². The minimum Gasteiger partial charge on any atom is -0.495 e. The van der Waals surface area contributed by atoms with E-state index < -0.39 is 5.97 Å². The summed E-state index contributed by atoms with van der Waals surface area (Å²) < 4.78 is 5.12. The van der Waals surface area contributed by atoms with Gasteiger partial charge in [0.05, 0.1) is 18.6 Å². The summed E-state index contributed by atoms with van der Waals surface area (Å²) in [6.45, 7) is 3.37. The largest absolute Gasteiger partial charge is 0.495 e. The summed E-state index contributed by atoms with van der Waals surface area (Å²) >= 11 is 0. The minimum absolute atomic E-state index is 0.0140. The highest BCUT2D eigenvalue weighted by atomic mass is 16.5. The van der Waals surface area contributed by atoms with E-state index >= 15 is 0 Å². The Morgan fingerprint density at radius 3 is 2.90 bits per heavy atom. The molecule has 1 fully saturated rings. The monoisotopic (exact) mass is 274 g/mol. The van der Waals surface area contributed by atoms with Gasteiger partial charge in [0.1, 0.15) is 11.8 Å². The van der Waals surface area contributed by atoms with Crippen molar-refractivity contribution in [1.82, 2.24) is 4.90 Å². The number of likely N-dealkylation sites (tertiary alicyclic amines) is 1. The Labute approximate surface area is 118 Å². The number of methoxy groups -OCH3 is 1. The second kappa shape index (κ2) is 5.93. The lowest BCUT2D eigenvalue weighted by atomic mass is 10.0. The second-order valence-corrected chi connectivity index (χ2v) is 5.09. The van der Waals surface area contributed by atoms with E-state index in [0.717, 1.165) is 12.1 Å². The number of hydrogen-bond acceptors (Lipinski definition) is 4. The molecule has 5 nitrogen and oxygen atoms in total. The molecule has 1 N–H and O–H groups in total. The first-order valence-electron chi connectivity index (χ1n) is 6.60. The molecule has 2 unspecified atom stereocenters. The van der Waals surface area contributed by atoms with Crippen molar-refractivity contribution in [3.63, 3.8) is 0 Å². The van der Waals surface area contributed by atoms with Crippen LogP contribution in [0.25, 0.3) is 0 Å². The van der Waals surface area contributed by atoms with Crippen molar-refractivity contribution in [1.29, 1.82) is 5.26 Å². The molecule has 1 aliphatic rings. The first-order valence-corrected chi connectivity index (χ1v) is 6.60. The highest BCUT2D eigenvalue weighted by molar-refractivity contribution is 5.71. The average molecular weight is 274 g/mol. The maximum absolute atomic E-state index is 11.1. The third-order valence-corrected chi connectivity index (χ3v) is 3.97. The summed E-state index contributed by atoms with van der Waals surface area (Å²) in [6, 6.07) is 7.63. The molecular formula is C15H18N2O3. The molecule has 106 valence electrons. The van der Waals surface area contributed by atoms with E-state index in [0.29, 0.717) is 24.3 Å². The molecule has 5 heteroatoms. The zero-order valence-electron chi connectivity index (χ0n) is 11.7. The van der Waals surface area contributed by atoms with Crippen LogP contribution in [0.5, 0.6) is 5.75 Å². The fraction of sp³-hybridized carbons (Fsp3) is 0.467. The summed E-state index contributed by atoms with van der Waals surface area (Å²) in [5.41, 5.74) is 1.51. The van der Waals surface area contributed by atoms with Crippen LogP contribution in [-0.4, -0.2) is 35.7 Å². The first kappa shape index (κ1) is 14.4. The van der Waals surface area contributed by atoms with Crippen molar-refractivity contribution in [3.05, 3.63) is 29.3 Å². The van der Waals surface area contributed by atoms with Crippen LogP contribution < -0.4 is 4.74 Å². The van der Waals surface area contributed by atoms with Crippen molar-refractivity contribution < 1.29 is 14.6 Å². The highest BCUT2D eigenvalue weighted by Gasteiger charge is 2.35. The molecule has 0 amide bonds. The van der Waals surface area contributed by atoms with Gasteiger partial charge in [0.2, 0.25) is 0 Å². The maximum Gasteiger partial charge on any atom is 0.308 e. The second-order valence-electron chi connectivity index (χ2n) is 5.09. The van der Waals surface area contributed by atoms with Gasteiger partial charge in [-0.3, -0.25) is 9.69 Å². The average Bonchev–Trinajstić information content (AvgIpc) is 2.80. The van der Waals surface area contributed by atoms with Gasteiger partial charge >= 0.3 is 5.97 Å². The Kier molecular flexibility index (Phi) is 4.26. The molecule has 1 saturated heterocycles. The van der Waals surface area contributed by atoms with Gasteiger partial charge in [-0.2, -0.15) is 5.26 Å². The number of ether oxygens (including phenoxy) is 1. The van der Waals surface area contributed by atoms with E-state index in [4.69, 9.17) is 15.1 Å². The molecule has 1 heterocycles. The Morgan fingerprint density at radius 1 is 1.60 bits per heavy atom. The Balaban J connectivity index is 2.12. The van der Waals surface area contributed by atoms with E-state index in [-0.39, 0.29) is 12.0 Å². The topological polar surface area (TPSA) is 73.6 Å². The summed E-state index contributed by atoms with van der Waals surface area (Å²) in [6.07, 6.45) is 0.678. The number of carboxylic acid groups (broad SMARTS) is 1. The van der Waals surface area contributed by atoms with Crippen LogP contribution in [0.3, 0.4) is 0 Å². The number of hydrogen-bond donors (Lipinski definition) is 1. The molecule has 1 aromatic carbocycles. The van der Waals surface area contributed by atoms with Gasteiger partial charge in [-0.15, -0.1) is 0 Å². The van der Waals surface area contributed by atoms with Crippen molar-refractivity contribution in [2.45, 2.75) is 25.9 Å². The lowest BCUT2D eigenvalue weighted by Crippen LogP contribution is -2.32. The molecule has 0 bridgehead atoms. The van der Waals surface area contributed by atoms with Crippen molar-refractivity contribution in [3.8, 4) is 11.8 Å². The number of carbonyl (C=O) groups is 1. The zero-order valence-corrected chi connectivity index (χ0v) is 11.7. The number of rotatable bonds is 4. The number of nitrogens with zero attached hydrogens (tertiary/aromatic N) is 2. The van der Waals surface area contributed by atoms with Crippen molar-refractivity contribution in [2.75, 3.05) is 13.7 Å². The molecular weight excluding hydrogens is 256 g/mol. The van der Waals surface area contributed by atoms with Crippen molar-refractivity contribution in [2.24, 2.45) is 5.92 Å². The fourth-order valence-corrected chi connectivity index (χ4v) is 2.73. The summed E-state index contributed by atoms with van der Waals surface area (Å²) in [5.74, 6) is -0.467. The Bertz CT molecular complexity index is 551. The highest BCUT2D eigenvalue weighted by Crippen LogP contribution is 2.27. The van der Waals surface area contributed by atoms with Crippen LogP contribution in [0.15, 0.2) is 18.2 Å². The number of carboxylic acids is 1. The summed E-state index contributed by atoms with van der Waals surface area (Å²) in [4.78, 5) is 13.2. The quantitative estimate of drug-likeness (QED) is 0.907. The molecule has 2 rings (SSSR count). The van der Waals surface area contributed by atoms with Gasteiger partial charge in [0.25, 0.3) is 0 Å². The van der Waals surface area contributed by atoms with Gasteiger partial charge < -0.3 is 9.84 Å². The summed E-state index contributed by atoms with van der Waals surface area (Å²) in [7, 11) is 1.54. The van der Waals surface area contributed by atoms with E-state index in [1.54, 1.807) is 12.1 Å². The van der Waals surface area contributed by atoms with E-state index in [1.165, 1.54) is 7.11 Å². The van der Waals surface area contributed by atoms with Crippen molar-refractivity contribution >= 4 is 5.97 Å². The summed E-state index contributed by atoms with van der Waals surface area (Å²) in [5, 5.41) is 18.2. The smallest absolute Gasteiger partial charge is 0.308 e. The molecule has 1 aliphatic heterocycles. The van der Waals surface area contributed by atoms with Crippen LogP contribution >= 0.6 is 0 Å². The number of benzene rings is 1. The molecule has 0 aliphatic carbocycles. The molecule has 0 radical (unpaired) electrons. The molecule has 20 heavy (non-hydrogen) atoms. The van der Waals surface area contributed by atoms with Crippen LogP contribution in [0.4, 0.5) is 0 Å². The van der Waals surface area contributed by atoms with Crippen LogP contribution in [0.2, 0.25) is 0 Å². The lowest BCUT2D eigenvalue weighted by Gasteiger charge is -2.23. The standard InChI is InChI=1S/C15H18N2O3/c1-10-13(15(18)19)5-6-17(10)9-11-3-4-14(20-2)12(7-11)8-16/h3-4,7,10,13H,5-6,9H2,1-2H3,(H,18,19). The molecule has 0 aromatic heterocycles. The first-order chi connectivity index (χ1) is 9.56. The van der Waals surface area contributed by atoms with Crippen LogP contribution in [0, 0.1) is 17.2 Å². The molecule has 1 aromatic rings. The third kappa shape index (κ3) is 2.75. The van der Waals surface area contributed by atoms with Crippen LogP contribution in [0.1, 0.15) is 24.5 Å². The minimum atomic E-state index is -0.729. The van der Waals surface area contributed by atoms with Gasteiger partial charge in [0, 0.05) is 12.6 Å². The number of nitriles is 1. The normalized spacial score (nSPS) is 22.4. The van der Waals surface area contributed by atoms with E-state index in [1.807, 2.05) is 13.0 Å². The third-order valence-electron chi connectivity index (χ3n) is 3.97. The number of aliphatic carboxylic acids is 1. The van der Waals surface area contributed by atoms with E-state index in [2.05, 4.69) is 11.0 Å². The molecule has 0 spiro atoms. The van der Waals surface area contributed by atoms with Gasteiger partial charge in [-0.1, -0.05) is 6.07 Å². The lowest BCUT2D eigenvalue weighted by molar-refractivity contribution is -0.142. The van der Waals surface area contributed by atoms with Gasteiger partial charge in [-0.25, -0.2) is 0 Å². The van der Waals surface area contributed by atoms with Gasteiger partial charge in [0.15, 0.2) is 0 Å². The Morgan fingerprint density at radius 2 is 2.35 bits per heavy atom. The SMILES string of the molecule is COc1ccc(CN2CCC(C(=O)O)C2C)cc1C#N.